The second-order valence-corrected chi connectivity index (χ2v) is 5.81. The van der Waals surface area contributed by atoms with Crippen LogP contribution < -0.4 is 0 Å². The molecular formula is C11H16O3S. The first-order valence-corrected chi connectivity index (χ1v) is 6.57. The van der Waals surface area contributed by atoms with Gasteiger partial charge in [-0.15, -0.1) is 0 Å². The van der Waals surface area contributed by atoms with Gasteiger partial charge in [0.25, 0.3) is 0 Å². The van der Waals surface area contributed by atoms with E-state index in [9.17, 15) is 14.7 Å². The van der Waals surface area contributed by atoms with Gasteiger partial charge in [-0.25, -0.2) is 0 Å². The van der Waals surface area contributed by atoms with Gasteiger partial charge in [0, 0.05) is 18.1 Å². The molecule has 0 aromatic carbocycles. The molecule has 0 bridgehead atoms. The number of carboxylic acids is 1. The fraction of sp³-hybridized carbons (Fsp3) is 0.818. The highest BCUT2D eigenvalue weighted by molar-refractivity contribution is 8.00. The number of Topliss-reactive ketones (excluding diaryl/α,β-unsaturated/α-hetero) is 1. The molecule has 1 unspecified atom stereocenters. The lowest BCUT2D eigenvalue weighted by molar-refractivity contribution is -0.152. The second-order valence-electron chi connectivity index (χ2n) is 4.50. The quantitative estimate of drug-likeness (QED) is 0.786. The molecule has 1 saturated heterocycles. The monoisotopic (exact) mass is 228 g/mol. The zero-order chi connectivity index (χ0) is 10.9. The molecular weight excluding hydrogens is 212 g/mol. The van der Waals surface area contributed by atoms with E-state index in [0.717, 1.165) is 18.6 Å². The molecule has 1 atom stereocenters. The van der Waals surface area contributed by atoms with Crippen LogP contribution in [-0.4, -0.2) is 27.9 Å². The summed E-state index contributed by atoms with van der Waals surface area (Å²) >= 11 is 1.79. The molecule has 0 aromatic rings. The minimum Gasteiger partial charge on any atom is -0.481 e. The molecule has 84 valence electrons. The highest BCUT2D eigenvalue weighted by Gasteiger charge is 2.48. The first-order chi connectivity index (χ1) is 7.15. The lowest BCUT2D eigenvalue weighted by Crippen LogP contribution is -2.43. The van der Waals surface area contributed by atoms with Crippen molar-refractivity contribution in [1.82, 2.24) is 0 Å². The summed E-state index contributed by atoms with van der Waals surface area (Å²) in [5.41, 5.74) is -0.602. The van der Waals surface area contributed by atoms with E-state index in [2.05, 4.69) is 0 Å². The molecule has 2 fully saturated rings. The van der Waals surface area contributed by atoms with E-state index in [-0.39, 0.29) is 11.0 Å². The average Bonchev–Trinajstić information content (AvgIpc) is 2.72. The molecule has 1 saturated carbocycles. The van der Waals surface area contributed by atoms with E-state index in [0.29, 0.717) is 25.7 Å². The Balaban J connectivity index is 2.16. The van der Waals surface area contributed by atoms with Crippen LogP contribution in [0.3, 0.4) is 0 Å². The Bertz CT molecular complexity index is 272. The number of thioether (sulfide) groups is 1. The summed E-state index contributed by atoms with van der Waals surface area (Å²) in [6.07, 6.45) is 4.16. The maximum atomic E-state index is 11.4. The fourth-order valence-corrected chi connectivity index (χ4v) is 4.27. The summed E-state index contributed by atoms with van der Waals surface area (Å²) in [6.45, 7) is 0. The first kappa shape index (κ1) is 11.0. The van der Waals surface area contributed by atoms with Gasteiger partial charge in [0.2, 0.25) is 0 Å². The predicted molar refractivity (Wildman–Crippen MR) is 59.0 cm³/mol. The molecule has 2 aliphatic rings. The van der Waals surface area contributed by atoms with Crippen LogP contribution in [-0.2, 0) is 9.59 Å². The van der Waals surface area contributed by atoms with Crippen LogP contribution in [0.15, 0.2) is 0 Å². The van der Waals surface area contributed by atoms with Gasteiger partial charge in [0.1, 0.15) is 5.78 Å². The van der Waals surface area contributed by atoms with E-state index in [1.807, 2.05) is 0 Å². The van der Waals surface area contributed by atoms with Gasteiger partial charge in [0.05, 0.1) is 5.41 Å². The Labute approximate surface area is 93.6 Å². The molecule has 0 amide bonds. The predicted octanol–water partition coefficient (Wildman–Crippen LogP) is 2.10. The molecule has 0 spiro atoms. The van der Waals surface area contributed by atoms with Gasteiger partial charge < -0.3 is 5.11 Å². The molecule has 0 aromatic heterocycles. The number of rotatable bonds is 2. The van der Waals surface area contributed by atoms with Gasteiger partial charge in [0.15, 0.2) is 0 Å². The number of carbonyl (C=O) groups excluding carboxylic acids is 1. The van der Waals surface area contributed by atoms with Crippen LogP contribution in [0.2, 0.25) is 0 Å². The van der Waals surface area contributed by atoms with Crippen molar-refractivity contribution in [2.45, 2.75) is 43.8 Å². The SMILES string of the molecule is O=C1CCC(C(=O)O)(C2CCCS2)CC1. The second kappa shape index (κ2) is 4.16. The number of carboxylic acid groups (broad SMARTS) is 1. The summed E-state index contributed by atoms with van der Waals surface area (Å²) in [4.78, 5) is 22.6. The Kier molecular flexibility index (Phi) is 3.05. The van der Waals surface area contributed by atoms with Crippen molar-refractivity contribution in [3.05, 3.63) is 0 Å². The lowest BCUT2D eigenvalue weighted by Gasteiger charge is -2.37. The summed E-state index contributed by atoms with van der Waals surface area (Å²) in [7, 11) is 0. The maximum absolute atomic E-state index is 11.4. The molecule has 1 aliphatic carbocycles. The number of ketones is 1. The van der Waals surface area contributed by atoms with E-state index in [4.69, 9.17) is 0 Å². The van der Waals surface area contributed by atoms with Gasteiger partial charge in [-0.2, -0.15) is 11.8 Å². The first-order valence-electron chi connectivity index (χ1n) is 5.52. The normalized spacial score (nSPS) is 30.4. The summed E-state index contributed by atoms with van der Waals surface area (Å²) < 4.78 is 0. The van der Waals surface area contributed by atoms with Crippen molar-refractivity contribution in [3.63, 3.8) is 0 Å². The van der Waals surface area contributed by atoms with Crippen molar-refractivity contribution in [1.29, 1.82) is 0 Å². The number of carbonyl (C=O) groups is 2. The van der Waals surface area contributed by atoms with E-state index in [1.165, 1.54) is 0 Å². The Hall–Kier alpha value is -0.510. The summed E-state index contributed by atoms with van der Waals surface area (Å²) in [5.74, 6) is 0.623. The molecule has 1 aliphatic heterocycles. The molecule has 3 nitrogen and oxygen atoms in total. The topological polar surface area (TPSA) is 54.4 Å². The molecule has 0 radical (unpaired) electrons. The van der Waals surface area contributed by atoms with Crippen molar-refractivity contribution < 1.29 is 14.7 Å². The average molecular weight is 228 g/mol. The zero-order valence-corrected chi connectivity index (χ0v) is 9.52. The standard InChI is InChI=1S/C11H16O3S/c12-8-3-5-11(6-4-8,10(13)14)9-2-1-7-15-9/h9H,1-7H2,(H,13,14). The number of hydrogen-bond acceptors (Lipinski definition) is 3. The minimum absolute atomic E-state index is 0.231. The largest absolute Gasteiger partial charge is 0.481 e. The third-order valence-corrected chi connectivity index (χ3v) is 5.29. The molecule has 1 N–H and O–H groups in total. The van der Waals surface area contributed by atoms with Crippen molar-refractivity contribution in [2.75, 3.05) is 5.75 Å². The summed E-state index contributed by atoms with van der Waals surface area (Å²) in [5, 5.41) is 9.65. The van der Waals surface area contributed by atoms with Crippen LogP contribution in [0, 0.1) is 5.41 Å². The lowest BCUT2D eigenvalue weighted by atomic mass is 9.70. The van der Waals surface area contributed by atoms with Crippen LogP contribution in [0.4, 0.5) is 0 Å². The van der Waals surface area contributed by atoms with Gasteiger partial charge in [-0.3, -0.25) is 9.59 Å². The molecule has 4 heteroatoms. The van der Waals surface area contributed by atoms with E-state index >= 15 is 0 Å². The van der Waals surface area contributed by atoms with Crippen LogP contribution in [0.1, 0.15) is 38.5 Å². The zero-order valence-electron chi connectivity index (χ0n) is 8.70. The third-order valence-electron chi connectivity index (χ3n) is 3.67. The molecule has 2 rings (SSSR count). The van der Waals surface area contributed by atoms with Gasteiger partial charge in [-0.05, 0) is 31.4 Å². The Morgan fingerprint density at radius 1 is 1.40 bits per heavy atom. The Morgan fingerprint density at radius 2 is 2.07 bits per heavy atom. The van der Waals surface area contributed by atoms with Crippen molar-refractivity contribution in [2.24, 2.45) is 5.41 Å². The van der Waals surface area contributed by atoms with Crippen LogP contribution >= 0.6 is 11.8 Å². The highest BCUT2D eigenvalue weighted by atomic mass is 32.2. The Morgan fingerprint density at radius 3 is 2.53 bits per heavy atom. The van der Waals surface area contributed by atoms with Gasteiger partial charge in [-0.1, -0.05) is 0 Å². The van der Waals surface area contributed by atoms with Crippen molar-refractivity contribution in [3.8, 4) is 0 Å². The number of aliphatic carboxylic acids is 1. The fourth-order valence-electron chi connectivity index (χ4n) is 2.66. The minimum atomic E-state index is -0.686. The maximum Gasteiger partial charge on any atom is 0.310 e. The van der Waals surface area contributed by atoms with Gasteiger partial charge >= 0.3 is 5.97 Å². The smallest absolute Gasteiger partial charge is 0.310 e. The number of hydrogen-bond donors (Lipinski definition) is 1. The molecule has 15 heavy (non-hydrogen) atoms. The van der Waals surface area contributed by atoms with Crippen molar-refractivity contribution >= 4 is 23.5 Å². The van der Waals surface area contributed by atoms with E-state index < -0.39 is 11.4 Å². The highest BCUT2D eigenvalue weighted by Crippen LogP contribution is 2.48. The summed E-state index contributed by atoms with van der Waals surface area (Å²) in [6, 6.07) is 0. The third kappa shape index (κ3) is 1.92. The van der Waals surface area contributed by atoms with Crippen LogP contribution in [0.25, 0.3) is 0 Å². The van der Waals surface area contributed by atoms with Crippen LogP contribution in [0.5, 0.6) is 0 Å². The molecule has 1 heterocycles. The van der Waals surface area contributed by atoms with E-state index in [1.54, 1.807) is 11.8 Å².